The van der Waals surface area contributed by atoms with Gasteiger partial charge in [0.2, 0.25) is 0 Å². The van der Waals surface area contributed by atoms with Crippen LogP contribution in [0, 0.1) is 0 Å². The lowest BCUT2D eigenvalue weighted by molar-refractivity contribution is 0.233. The fourth-order valence-corrected chi connectivity index (χ4v) is 1.11. The molecule has 1 rings (SSSR count). The number of ether oxygens (including phenoxy) is 1. The van der Waals surface area contributed by atoms with Crippen molar-refractivity contribution in [2.75, 3.05) is 13.2 Å². The number of pyridine rings is 1. The van der Waals surface area contributed by atoms with Crippen molar-refractivity contribution < 1.29 is 9.84 Å². The van der Waals surface area contributed by atoms with Gasteiger partial charge in [0, 0.05) is 19.1 Å². The lowest BCUT2D eigenvalue weighted by Crippen LogP contribution is -1.99. The summed E-state index contributed by atoms with van der Waals surface area (Å²) in [6, 6.07) is 1.68. The van der Waals surface area contributed by atoms with Gasteiger partial charge in [-0.3, -0.25) is 0 Å². The van der Waals surface area contributed by atoms with Crippen LogP contribution in [0.15, 0.2) is 16.9 Å². The number of halogens is 2. The van der Waals surface area contributed by atoms with E-state index in [0.29, 0.717) is 28.4 Å². The van der Waals surface area contributed by atoms with Crippen LogP contribution in [0.25, 0.3) is 0 Å². The zero-order valence-electron chi connectivity index (χ0n) is 6.83. The third-order valence-corrected chi connectivity index (χ3v) is 2.49. The molecule has 3 nitrogen and oxygen atoms in total. The van der Waals surface area contributed by atoms with E-state index in [4.69, 9.17) is 21.4 Å². The van der Waals surface area contributed by atoms with Gasteiger partial charge in [-0.15, -0.1) is 0 Å². The molecule has 0 radical (unpaired) electrons. The summed E-state index contributed by atoms with van der Waals surface area (Å²) in [7, 11) is 0. The molecule has 0 aliphatic heterocycles. The van der Waals surface area contributed by atoms with Gasteiger partial charge >= 0.3 is 0 Å². The Kier molecular flexibility index (Phi) is 4.48. The molecule has 0 fully saturated rings. The summed E-state index contributed by atoms with van der Waals surface area (Å²) >= 11 is 8.96. The zero-order valence-corrected chi connectivity index (χ0v) is 9.18. The van der Waals surface area contributed by atoms with Crippen molar-refractivity contribution in [3.05, 3.63) is 21.9 Å². The fraction of sp³-hybridized carbons (Fsp3) is 0.375. The van der Waals surface area contributed by atoms with Crippen LogP contribution in [0.1, 0.15) is 6.42 Å². The molecule has 0 spiro atoms. The maximum atomic E-state index is 8.51. The molecule has 1 aromatic rings. The standard InChI is InChI=1S/C8H9BrClNO2/c9-8-7(10)4-6(5-11-8)13-3-1-2-12/h4-5,12H,1-3H2. The van der Waals surface area contributed by atoms with Crippen molar-refractivity contribution in [3.8, 4) is 5.75 Å². The van der Waals surface area contributed by atoms with Gasteiger partial charge in [0.1, 0.15) is 10.4 Å². The third kappa shape index (κ3) is 3.50. The second-order valence-corrected chi connectivity index (χ2v) is 3.53. The molecule has 0 aliphatic rings. The largest absolute Gasteiger partial charge is 0.492 e. The summed E-state index contributed by atoms with van der Waals surface area (Å²) in [5.74, 6) is 0.613. The van der Waals surface area contributed by atoms with Crippen molar-refractivity contribution in [3.63, 3.8) is 0 Å². The number of hydrogen-bond acceptors (Lipinski definition) is 3. The average Bonchev–Trinajstić information content (AvgIpc) is 2.12. The second-order valence-electron chi connectivity index (χ2n) is 2.37. The minimum absolute atomic E-state index is 0.123. The van der Waals surface area contributed by atoms with Crippen molar-refractivity contribution in [2.45, 2.75) is 6.42 Å². The summed E-state index contributed by atoms with van der Waals surface area (Å²) < 4.78 is 5.86. The average molecular weight is 267 g/mol. The maximum Gasteiger partial charge on any atom is 0.139 e. The number of aliphatic hydroxyl groups excluding tert-OH is 1. The summed E-state index contributed by atoms with van der Waals surface area (Å²) in [6.45, 7) is 0.591. The Morgan fingerprint density at radius 2 is 2.38 bits per heavy atom. The normalized spacial score (nSPS) is 10.1. The molecule has 1 aromatic heterocycles. The molecule has 0 bridgehead atoms. The van der Waals surface area contributed by atoms with Gasteiger partial charge < -0.3 is 9.84 Å². The third-order valence-electron chi connectivity index (χ3n) is 1.34. The fourth-order valence-electron chi connectivity index (χ4n) is 0.737. The first kappa shape index (κ1) is 10.8. The van der Waals surface area contributed by atoms with Gasteiger partial charge in [0.15, 0.2) is 0 Å². The summed E-state index contributed by atoms with van der Waals surface area (Å²) in [5.41, 5.74) is 0. The molecule has 0 amide bonds. The van der Waals surface area contributed by atoms with Crippen LogP contribution in [0.4, 0.5) is 0 Å². The SMILES string of the molecule is OCCCOc1cnc(Br)c(Cl)c1. The highest BCUT2D eigenvalue weighted by Gasteiger charge is 2.00. The molecule has 0 saturated heterocycles. The lowest BCUT2D eigenvalue weighted by atomic mass is 10.4. The van der Waals surface area contributed by atoms with Gasteiger partial charge in [-0.1, -0.05) is 11.6 Å². The maximum absolute atomic E-state index is 8.51. The number of rotatable bonds is 4. The summed E-state index contributed by atoms with van der Waals surface area (Å²) in [5, 5.41) is 9.03. The molecule has 0 saturated carbocycles. The number of aromatic nitrogens is 1. The highest BCUT2D eigenvalue weighted by atomic mass is 79.9. The molecule has 13 heavy (non-hydrogen) atoms. The van der Waals surface area contributed by atoms with E-state index < -0.39 is 0 Å². The number of aliphatic hydroxyl groups is 1. The molecule has 1 N–H and O–H groups in total. The smallest absolute Gasteiger partial charge is 0.139 e. The van der Waals surface area contributed by atoms with Crippen molar-refractivity contribution in [1.82, 2.24) is 4.98 Å². The zero-order chi connectivity index (χ0) is 9.68. The van der Waals surface area contributed by atoms with Crippen LogP contribution in [0.5, 0.6) is 5.75 Å². The molecule has 0 aromatic carbocycles. The van der Waals surface area contributed by atoms with Crippen molar-refractivity contribution in [2.24, 2.45) is 0 Å². The van der Waals surface area contributed by atoms with E-state index >= 15 is 0 Å². The van der Waals surface area contributed by atoms with E-state index in [2.05, 4.69) is 20.9 Å². The molecule has 0 aliphatic carbocycles. The Labute approximate surface area is 89.8 Å². The first-order valence-corrected chi connectivity index (χ1v) is 4.96. The summed E-state index contributed by atoms with van der Waals surface area (Å²) in [6.07, 6.45) is 2.18. The first-order valence-electron chi connectivity index (χ1n) is 3.78. The van der Waals surface area contributed by atoms with Gasteiger partial charge in [0.05, 0.1) is 17.8 Å². The number of hydrogen-bond donors (Lipinski definition) is 1. The van der Waals surface area contributed by atoms with Crippen LogP contribution in [-0.4, -0.2) is 23.3 Å². The van der Waals surface area contributed by atoms with Crippen molar-refractivity contribution >= 4 is 27.5 Å². The summed E-state index contributed by atoms with van der Waals surface area (Å²) in [4.78, 5) is 3.95. The van der Waals surface area contributed by atoms with Crippen LogP contribution >= 0.6 is 27.5 Å². The highest BCUT2D eigenvalue weighted by molar-refractivity contribution is 9.10. The Morgan fingerprint density at radius 3 is 3.00 bits per heavy atom. The van der Waals surface area contributed by atoms with E-state index in [1.54, 1.807) is 12.3 Å². The molecular formula is C8H9BrClNO2. The van der Waals surface area contributed by atoms with Crippen LogP contribution in [0.2, 0.25) is 5.02 Å². The van der Waals surface area contributed by atoms with E-state index in [1.807, 2.05) is 0 Å². The minimum Gasteiger partial charge on any atom is -0.492 e. The first-order chi connectivity index (χ1) is 6.24. The predicted molar refractivity (Wildman–Crippen MR) is 54.1 cm³/mol. The quantitative estimate of drug-likeness (QED) is 0.671. The van der Waals surface area contributed by atoms with Crippen LogP contribution < -0.4 is 4.74 Å². The van der Waals surface area contributed by atoms with Gasteiger partial charge in [-0.25, -0.2) is 4.98 Å². The van der Waals surface area contributed by atoms with Gasteiger partial charge in [-0.2, -0.15) is 0 Å². The molecular weight excluding hydrogens is 257 g/mol. The molecule has 0 unspecified atom stereocenters. The monoisotopic (exact) mass is 265 g/mol. The van der Waals surface area contributed by atoms with Crippen LogP contribution in [-0.2, 0) is 0 Å². The lowest BCUT2D eigenvalue weighted by Gasteiger charge is -2.04. The molecule has 1 heterocycles. The van der Waals surface area contributed by atoms with E-state index in [9.17, 15) is 0 Å². The topological polar surface area (TPSA) is 42.4 Å². The highest BCUT2D eigenvalue weighted by Crippen LogP contribution is 2.23. The van der Waals surface area contributed by atoms with E-state index in [0.717, 1.165) is 0 Å². The van der Waals surface area contributed by atoms with Gasteiger partial charge in [-0.05, 0) is 15.9 Å². The van der Waals surface area contributed by atoms with E-state index in [-0.39, 0.29) is 6.61 Å². The molecule has 5 heteroatoms. The van der Waals surface area contributed by atoms with E-state index in [1.165, 1.54) is 0 Å². The molecule has 72 valence electrons. The minimum atomic E-state index is 0.123. The van der Waals surface area contributed by atoms with Crippen LogP contribution in [0.3, 0.4) is 0 Å². The van der Waals surface area contributed by atoms with Crippen molar-refractivity contribution in [1.29, 1.82) is 0 Å². The Hall–Kier alpha value is -0.320. The predicted octanol–water partition coefficient (Wildman–Crippen LogP) is 2.26. The second kappa shape index (κ2) is 5.42. The molecule has 0 atom stereocenters. The Bertz CT molecular complexity index is 283. The number of nitrogens with zero attached hydrogens (tertiary/aromatic N) is 1. The Balaban J connectivity index is 2.53. The van der Waals surface area contributed by atoms with Gasteiger partial charge in [0.25, 0.3) is 0 Å². The Morgan fingerprint density at radius 1 is 1.62 bits per heavy atom.